The van der Waals surface area contributed by atoms with E-state index < -0.39 is 15.1 Å². The van der Waals surface area contributed by atoms with Gasteiger partial charge in [0.15, 0.2) is 14.9 Å². The summed E-state index contributed by atoms with van der Waals surface area (Å²) in [4.78, 5) is 3.96. The molecule has 2 heterocycles. The van der Waals surface area contributed by atoms with Gasteiger partial charge in [-0.05, 0) is 19.4 Å². The van der Waals surface area contributed by atoms with E-state index in [0.29, 0.717) is 17.8 Å². The molecule has 0 saturated heterocycles. The van der Waals surface area contributed by atoms with Gasteiger partial charge in [-0.1, -0.05) is 0 Å². The fourth-order valence-electron chi connectivity index (χ4n) is 1.55. The number of fused-ring (bicyclic) bond motifs is 1. The maximum atomic E-state index is 12.3. The third-order valence-electron chi connectivity index (χ3n) is 2.60. The van der Waals surface area contributed by atoms with Gasteiger partial charge in [-0.25, -0.2) is 17.9 Å². The molecular formula is C10H12ClN3O2S. The topological polar surface area (TPSA) is 64.3 Å². The average Bonchev–Trinajstić information content (AvgIpc) is 2.76. The number of nitrogens with zero attached hydrogens (tertiary/aromatic N) is 3. The summed E-state index contributed by atoms with van der Waals surface area (Å²) in [7, 11) is -3.45. The van der Waals surface area contributed by atoms with E-state index in [2.05, 4.69) is 10.1 Å². The average molecular weight is 274 g/mol. The van der Waals surface area contributed by atoms with Crippen LogP contribution in [0.1, 0.15) is 13.3 Å². The molecule has 92 valence electrons. The Labute approximate surface area is 104 Å². The lowest BCUT2D eigenvalue weighted by Crippen LogP contribution is -2.20. The first-order valence-electron chi connectivity index (χ1n) is 5.15. The number of sulfone groups is 1. The van der Waals surface area contributed by atoms with E-state index in [1.807, 2.05) is 0 Å². The molecule has 0 aromatic carbocycles. The molecule has 0 saturated carbocycles. The Balaban J connectivity index is 2.56. The van der Waals surface area contributed by atoms with Crippen LogP contribution in [0.25, 0.3) is 5.52 Å². The summed E-state index contributed by atoms with van der Waals surface area (Å²) in [6.07, 6.45) is 4.99. The minimum Gasteiger partial charge on any atom is -0.241 e. The molecule has 0 spiro atoms. The smallest absolute Gasteiger partial charge is 0.200 e. The summed E-state index contributed by atoms with van der Waals surface area (Å²) < 4.78 is 26.0. The normalized spacial score (nSPS) is 14.0. The van der Waals surface area contributed by atoms with Crippen LogP contribution < -0.4 is 0 Å². The fraction of sp³-hybridized carbons (Fsp3) is 0.400. The van der Waals surface area contributed by atoms with Crippen LogP contribution in [-0.2, 0) is 9.84 Å². The molecule has 0 N–H and O–H groups in total. The van der Waals surface area contributed by atoms with Crippen molar-refractivity contribution in [1.82, 2.24) is 14.6 Å². The quantitative estimate of drug-likeness (QED) is 0.793. The number of rotatable bonds is 4. The van der Waals surface area contributed by atoms with Gasteiger partial charge in [-0.2, -0.15) is 5.10 Å². The number of halogens is 1. The Morgan fingerprint density at radius 2 is 2.24 bits per heavy atom. The minimum atomic E-state index is -3.45. The maximum absolute atomic E-state index is 12.3. The molecule has 0 radical (unpaired) electrons. The molecule has 0 bridgehead atoms. The zero-order chi connectivity index (χ0) is 12.5. The van der Waals surface area contributed by atoms with Gasteiger partial charge in [0, 0.05) is 18.3 Å². The van der Waals surface area contributed by atoms with Crippen LogP contribution in [0.2, 0.25) is 0 Å². The van der Waals surface area contributed by atoms with Crippen LogP contribution in [0.3, 0.4) is 0 Å². The second kappa shape index (κ2) is 4.62. The monoisotopic (exact) mass is 273 g/mol. The number of aromatic nitrogens is 3. The molecule has 17 heavy (non-hydrogen) atoms. The van der Waals surface area contributed by atoms with Crippen molar-refractivity contribution < 1.29 is 8.42 Å². The summed E-state index contributed by atoms with van der Waals surface area (Å²) in [6, 6.07) is 1.63. The van der Waals surface area contributed by atoms with E-state index in [0.717, 1.165) is 0 Å². The van der Waals surface area contributed by atoms with Crippen LogP contribution in [0.15, 0.2) is 29.7 Å². The Bertz CT molecular complexity index is 623. The largest absolute Gasteiger partial charge is 0.241 e. The van der Waals surface area contributed by atoms with Crippen molar-refractivity contribution in [2.75, 3.05) is 5.88 Å². The summed E-state index contributed by atoms with van der Waals surface area (Å²) >= 11 is 5.58. The molecule has 1 unspecified atom stereocenters. The van der Waals surface area contributed by atoms with E-state index >= 15 is 0 Å². The van der Waals surface area contributed by atoms with Gasteiger partial charge in [0.05, 0.1) is 11.4 Å². The van der Waals surface area contributed by atoms with Crippen LogP contribution in [0.5, 0.6) is 0 Å². The highest BCUT2D eigenvalue weighted by atomic mass is 35.5. The van der Waals surface area contributed by atoms with Crippen molar-refractivity contribution in [1.29, 1.82) is 0 Å². The molecule has 0 aliphatic rings. The van der Waals surface area contributed by atoms with Gasteiger partial charge in [0.2, 0.25) is 0 Å². The summed E-state index contributed by atoms with van der Waals surface area (Å²) in [6.45, 7) is 1.64. The van der Waals surface area contributed by atoms with Gasteiger partial charge >= 0.3 is 0 Å². The third-order valence-corrected chi connectivity index (χ3v) is 4.97. The first-order chi connectivity index (χ1) is 8.07. The summed E-state index contributed by atoms with van der Waals surface area (Å²) in [5, 5.41) is 3.50. The third kappa shape index (κ3) is 2.14. The molecule has 2 rings (SSSR count). The first kappa shape index (κ1) is 12.3. The van der Waals surface area contributed by atoms with Crippen LogP contribution >= 0.6 is 11.6 Å². The molecule has 2 aromatic heterocycles. The van der Waals surface area contributed by atoms with Crippen molar-refractivity contribution in [2.24, 2.45) is 0 Å². The molecule has 2 aromatic rings. The predicted octanol–water partition coefficient (Wildman–Crippen LogP) is 1.52. The SMILES string of the molecule is CC(CCCl)S(=O)(=O)c1nccn2nccc12. The molecule has 0 aliphatic carbocycles. The zero-order valence-electron chi connectivity index (χ0n) is 9.25. The highest BCUT2D eigenvalue weighted by Crippen LogP contribution is 2.20. The standard InChI is InChI=1S/C10H12ClN3O2S/c1-8(2-4-11)17(15,16)10-9-3-5-13-14(9)7-6-12-10/h3,5-8H,2,4H2,1H3. The van der Waals surface area contributed by atoms with Gasteiger partial charge in [-0.3, -0.25) is 0 Å². The fourth-order valence-corrected chi connectivity index (χ4v) is 3.48. The highest BCUT2D eigenvalue weighted by molar-refractivity contribution is 7.92. The van der Waals surface area contributed by atoms with E-state index in [9.17, 15) is 8.42 Å². The van der Waals surface area contributed by atoms with Gasteiger partial charge in [0.1, 0.15) is 5.52 Å². The van der Waals surface area contributed by atoms with Crippen molar-refractivity contribution in [3.8, 4) is 0 Å². The zero-order valence-corrected chi connectivity index (χ0v) is 10.8. The molecule has 0 fully saturated rings. The lowest BCUT2D eigenvalue weighted by Gasteiger charge is -2.11. The molecule has 0 amide bonds. The van der Waals surface area contributed by atoms with E-state index in [1.165, 1.54) is 10.7 Å². The second-order valence-electron chi connectivity index (χ2n) is 3.73. The summed E-state index contributed by atoms with van der Waals surface area (Å²) in [5.41, 5.74) is 0.494. The second-order valence-corrected chi connectivity index (χ2v) is 6.39. The lowest BCUT2D eigenvalue weighted by molar-refractivity contribution is 0.578. The summed E-state index contributed by atoms with van der Waals surface area (Å²) in [5.74, 6) is 0.308. The van der Waals surface area contributed by atoms with Crippen LogP contribution in [0.4, 0.5) is 0 Å². The van der Waals surface area contributed by atoms with E-state index in [1.54, 1.807) is 25.4 Å². The van der Waals surface area contributed by atoms with Crippen molar-refractivity contribution in [2.45, 2.75) is 23.6 Å². The Kier molecular flexibility index (Phi) is 3.35. The molecule has 7 heteroatoms. The number of hydrogen-bond donors (Lipinski definition) is 0. The Hall–Kier alpha value is -1.14. The van der Waals surface area contributed by atoms with Gasteiger partial charge < -0.3 is 0 Å². The predicted molar refractivity (Wildman–Crippen MR) is 65.0 cm³/mol. The molecule has 0 aliphatic heterocycles. The van der Waals surface area contributed by atoms with E-state index in [4.69, 9.17) is 11.6 Å². The van der Waals surface area contributed by atoms with Crippen LogP contribution in [0, 0.1) is 0 Å². The lowest BCUT2D eigenvalue weighted by atomic mass is 10.4. The minimum absolute atomic E-state index is 0.0649. The number of alkyl halides is 1. The Morgan fingerprint density at radius 1 is 1.47 bits per heavy atom. The molecule has 1 atom stereocenters. The van der Waals surface area contributed by atoms with Crippen LogP contribution in [-0.4, -0.2) is 34.1 Å². The van der Waals surface area contributed by atoms with Crippen molar-refractivity contribution in [3.63, 3.8) is 0 Å². The maximum Gasteiger partial charge on any atom is 0.200 e. The first-order valence-corrected chi connectivity index (χ1v) is 7.23. The molecular weight excluding hydrogens is 262 g/mol. The Morgan fingerprint density at radius 3 is 2.94 bits per heavy atom. The van der Waals surface area contributed by atoms with Crippen molar-refractivity contribution in [3.05, 3.63) is 24.7 Å². The number of hydrogen-bond acceptors (Lipinski definition) is 4. The highest BCUT2D eigenvalue weighted by Gasteiger charge is 2.26. The van der Waals surface area contributed by atoms with Crippen molar-refractivity contribution >= 4 is 27.0 Å². The van der Waals surface area contributed by atoms with E-state index in [-0.39, 0.29) is 5.03 Å². The molecule has 5 nitrogen and oxygen atoms in total. The van der Waals surface area contributed by atoms with Gasteiger partial charge in [0.25, 0.3) is 0 Å². The van der Waals surface area contributed by atoms with Gasteiger partial charge in [-0.15, -0.1) is 11.6 Å².